The molecule has 0 aromatic carbocycles. The van der Waals surface area contributed by atoms with E-state index < -0.39 is 0 Å². The van der Waals surface area contributed by atoms with Gasteiger partial charge in [0.2, 0.25) is 0 Å². The number of likely N-dealkylation sites (tertiary alicyclic amines) is 1. The molecule has 1 unspecified atom stereocenters. The summed E-state index contributed by atoms with van der Waals surface area (Å²) in [4.78, 5) is 4.94. The van der Waals surface area contributed by atoms with Crippen LogP contribution in [0.3, 0.4) is 0 Å². The Morgan fingerprint density at radius 3 is 2.47 bits per heavy atom. The monoisotopic (exact) mass is 241 g/mol. The van der Waals surface area contributed by atoms with Gasteiger partial charge in [-0.05, 0) is 72.9 Å². The molecule has 17 heavy (non-hydrogen) atoms. The minimum absolute atomic E-state index is 0.740. The lowest BCUT2D eigenvalue weighted by molar-refractivity contribution is 0.140. The molecule has 1 aliphatic heterocycles. The van der Waals surface area contributed by atoms with E-state index >= 15 is 0 Å². The van der Waals surface area contributed by atoms with Crippen molar-refractivity contribution >= 4 is 0 Å². The summed E-state index contributed by atoms with van der Waals surface area (Å²) in [5.41, 5.74) is 0. The molecule has 3 heteroatoms. The van der Waals surface area contributed by atoms with Crippen LogP contribution in [0.25, 0.3) is 0 Å². The number of hydrogen-bond donors (Lipinski definition) is 1. The second kappa shape index (κ2) is 8.06. The van der Waals surface area contributed by atoms with E-state index in [2.05, 4.69) is 43.1 Å². The summed E-state index contributed by atoms with van der Waals surface area (Å²) >= 11 is 0. The molecule has 1 N–H and O–H groups in total. The van der Waals surface area contributed by atoms with Crippen LogP contribution in [-0.4, -0.2) is 62.2 Å². The third-order valence-electron chi connectivity index (χ3n) is 3.83. The van der Waals surface area contributed by atoms with Crippen LogP contribution >= 0.6 is 0 Å². The predicted octanol–water partition coefficient (Wildman–Crippen LogP) is 1.79. The number of nitrogens with one attached hydrogen (secondary N) is 1. The summed E-state index contributed by atoms with van der Waals surface area (Å²) in [5.74, 6) is 0. The Labute approximate surface area is 108 Å². The van der Waals surface area contributed by atoms with Crippen LogP contribution in [0.2, 0.25) is 0 Å². The van der Waals surface area contributed by atoms with E-state index in [9.17, 15) is 0 Å². The zero-order valence-corrected chi connectivity index (χ0v) is 12.2. The van der Waals surface area contributed by atoms with Crippen molar-refractivity contribution in [3.05, 3.63) is 0 Å². The molecule has 1 aliphatic rings. The van der Waals surface area contributed by atoms with Crippen LogP contribution in [-0.2, 0) is 0 Å². The van der Waals surface area contributed by atoms with Crippen LogP contribution in [0.5, 0.6) is 0 Å². The van der Waals surface area contributed by atoms with E-state index in [1.807, 2.05) is 0 Å². The van der Waals surface area contributed by atoms with Gasteiger partial charge in [0.25, 0.3) is 0 Å². The lowest BCUT2D eigenvalue weighted by Gasteiger charge is -2.36. The third kappa shape index (κ3) is 5.84. The molecule has 0 saturated carbocycles. The Kier molecular flexibility index (Phi) is 7.09. The average molecular weight is 241 g/mol. The Morgan fingerprint density at radius 2 is 1.94 bits per heavy atom. The molecule has 0 spiro atoms. The van der Waals surface area contributed by atoms with Gasteiger partial charge < -0.3 is 15.1 Å². The Hall–Kier alpha value is -0.120. The number of rotatable bonds is 7. The number of hydrogen-bond acceptors (Lipinski definition) is 3. The fraction of sp³-hybridized carbons (Fsp3) is 1.00. The molecule has 3 nitrogen and oxygen atoms in total. The SMILES string of the molecule is CCCNC1CCN(C(C)CCN(C)C)CC1. The second-order valence-electron chi connectivity index (χ2n) is 5.71. The van der Waals surface area contributed by atoms with Crippen LogP contribution in [0, 0.1) is 0 Å². The van der Waals surface area contributed by atoms with Crippen molar-refractivity contribution in [2.75, 3.05) is 40.3 Å². The maximum absolute atomic E-state index is 3.65. The average Bonchev–Trinajstić information content (AvgIpc) is 2.34. The van der Waals surface area contributed by atoms with Crippen LogP contribution < -0.4 is 5.32 Å². The first kappa shape index (κ1) is 14.9. The molecule has 1 atom stereocenters. The zero-order valence-electron chi connectivity index (χ0n) is 12.2. The standard InChI is InChI=1S/C14H31N3/c1-5-9-15-14-7-11-17(12-8-14)13(2)6-10-16(3)4/h13-15H,5-12H2,1-4H3. The van der Waals surface area contributed by atoms with E-state index in [0.29, 0.717) is 0 Å². The van der Waals surface area contributed by atoms with E-state index in [4.69, 9.17) is 0 Å². The topological polar surface area (TPSA) is 18.5 Å². The highest BCUT2D eigenvalue weighted by atomic mass is 15.2. The summed E-state index contributed by atoms with van der Waals surface area (Å²) in [6.45, 7) is 9.55. The van der Waals surface area contributed by atoms with Gasteiger partial charge in [-0.25, -0.2) is 0 Å². The fourth-order valence-electron chi connectivity index (χ4n) is 2.52. The molecule has 0 radical (unpaired) electrons. The maximum Gasteiger partial charge on any atom is 0.00914 e. The molecule has 1 fully saturated rings. The molecule has 0 amide bonds. The van der Waals surface area contributed by atoms with Gasteiger partial charge in [0.05, 0.1) is 0 Å². The Bertz CT molecular complexity index is 186. The Balaban J connectivity index is 2.17. The molecule has 0 aromatic heterocycles. The van der Waals surface area contributed by atoms with Gasteiger partial charge in [-0.2, -0.15) is 0 Å². The summed E-state index contributed by atoms with van der Waals surface area (Å²) in [7, 11) is 4.32. The molecule has 0 aliphatic carbocycles. The van der Waals surface area contributed by atoms with Crippen LogP contribution in [0.1, 0.15) is 39.5 Å². The highest BCUT2D eigenvalue weighted by Gasteiger charge is 2.21. The first-order valence-electron chi connectivity index (χ1n) is 7.25. The quantitative estimate of drug-likeness (QED) is 0.733. The van der Waals surface area contributed by atoms with E-state index in [1.54, 1.807) is 0 Å². The van der Waals surface area contributed by atoms with Gasteiger partial charge in [0.1, 0.15) is 0 Å². The fourth-order valence-corrected chi connectivity index (χ4v) is 2.52. The minimum atomic E-state index is 0.740. The van der Waals surface area contributed by atoms with Gasteiger partial charge in [-0.3, -0.25) is 0 Å². The molecule has 102 valence electrons. The lowest BCUT2D eigenvalue weighted by atomic mass is 10.0. The van der Waals surface area contributed by atoms with Crippen molar-refractivity contribution in [1.29, 1.82) is 0 Å². The molecule has 1 heterocycles. The van der Waals surface area contributed by atoms with Crippen LogP contribution in [0.15, 0.2) is 0 Å². The largest absolute Gasteiger partial charge is 0.314 e. The second-order valence-corrected chi connectivity index (χ2v) is 5.71. The van der Waals surface area contributed by atoms with Gasteiger partial charge in [0, 0.05) is 12.1 Å². The van der Waals surface area contributed by atoms with Crippen molar-refractivity contribution in [1.82, 2.24) is 15.1 Å². The molecule has 1 rings (SSSR count). The highest BCUT2D eigenvalue weighted by Crippen LogP contribution is 2.15. The van der Waals surface area contributed by atoms with Gasteiger partial charge in [0.15, 0.2) is 0 Å². The maximum atomic E-state index is 3.65. The predicted molar refractivity (Wildman–Crippen MR) is 75.5 cm³/mol. The first-order valence-corrected chi connectivity index (χ1v) is 7.25. The van der Waals surface area contributed by atoms with Crippen molar-refractivity contribution in [3.8, 4) is 0 Å². The Morgan fingerprint density at radius 1 is 1.29 bits per heavy atom. The van der Waals surface area contributed by atoms with Gasteiger partial charge >= 0.3 is 0 Å². The van der Waals surface area contributed by atoms with Crippen molar-refractivity contribution < 1.29 is 0 Å². The van der Waals surface area contributed by atoms with Crippen molar-refractivity contribution in [2.45, 2.75) is 51.6 Å². The first-order chi connectivity index (χ1) is 8.13. The summed E-state index contributed by atoms with van der Waals surface area (Å²) in [6, 6.07) is 1.51. The molecular formula is C14H31N3. The zero-order chi connectivity index (χ0) is 12.7. The molecule has 0 bridgehead atoms. The van der Waals surface area contributed by atoms with E-state index in [-0.39, 0.29) is 0 Å². The molecule has 0 aromatic rings. The summed E-state index contributed by atoms with van der Waals surface area (Å²) in [5, 5.41) is 3.65. The summed E-state index contributed by atoms with van der Waals surface area (Å²) in [6.07, 6.45) is 5.19. The molecular weight excluding hydrogens is 210 g/mol. The third-order valence-corrected chi connectivity index (χ3v) is 3.83. The van der Waals surface area contributed by atoms with Gasteiger partial charge in [-0.1, -0.05) is 6.92 Å². The van der Waals surface area contributed by atoms with Crippen molar-refractivity contribution in [2.24, 2.45) is 0 Å². The van der Waals surface area contributed by atoms with E-state index in [1.165, 1.54) is 51.9 Å². The minimum Gasteiger partial charge on any atom is -0.314 e. The lowest BCUT2D eigenvalue weighted by Crippen LogP contribution is -2.46. The molecule has 1 saturated heterocycles. The number of nitrogens with zero attached hydrogens (tertiary/aromatic N) is 2. The van der Waals surface area contributed by atoms with Crippen LogP contribution in [0.4, 0.5) is 0 Å². The smallest absolute Gasteiger partial charge is 0.00914 e. The highest BCUT2D eigenvalue weighted by molar-refractivity contribution is 4.80. The normalized spacial score (nSPS) is 21.0. The number of piperidine rings is 1. The van der Waals surface area contributed by atoms with Gasteiger partial charge in [-0.15, -0.1) is 0 Å². The van der Waals surface area contributed by atoms with E-state index in [0.717, 1.165) is 12.1 Å². The summed E-state index contributed by atoms with van der Waals surface area (Å²) < 4.78 is 0. The van der Waals surface area contributed by atoms with Crippen molar-refractivity contribution in [3.63, 3.8) is 0 Å².